The predicted octanol–water partition coefficient (Wildman–Crippen LogP) is -0.0387. The van der Waals surface area contributed by atoms with Crippen molar-refractivity contribution in [1.82, 2.24) is 25.4 Å². The van der Waals surface area contributed by atoms with Gasteiger partial charge in [-0.15, -0.1) is 10.2 Å². The number of aryl methyl sites for hydroxylation is 2. The summed E-state index contributed by atoms with van der Waals surface area (Å²) in [6, 6.07) is 10.4. The third-order valence-electron chi connectivity index (χ3n) is 4.17. The second kappa shape index (κ2) is 8.34. The van der Waals surface area contributed by atoms with Gasteiger partial charge in [0.1, 0.15) is 17.8 Å². The number of benzene rings is 1. The zero-order valence-electron chi connectivity index (χ0n) is 13.8. The van der Waals surface area contributed by atoms with E-state index in [1.807, 2.05) is 22.8 Å². The fraction of sp³-hybridized carbons (Fsp3) is 0.529. The van der Waals surface area contributed by atoms with Crippen LogP contribution < -0.4 is 10.6 Å². The summed E-state index contributed by atoms with van der Waals surface area (Å²) >= 11 is 0. The molecule has 0 radical (unpaired) electrons. The van der Waals surface area contributed by atoms with Crippen LogP contribution in [0.15, 0.2) is 36.7 Å². The lowest BCUT2D eigenvalue weighted by atomic mass is 10.1. The Morgan fingerprint density at radius 2 is 2.21 bits per heavy atom. The lowest BCUT2D eigenvalue weighted by Crippen LogP contribution is -2.50. The lowest BCUT2D eigenvalue weighted by molar-refractivity contribution is -0.0265. The zero-order valence-corrected chi connectivity index (χ0v) is 13.8. The number of ether oxygens (including phenoxy) is 1. The number of nitrogens with one attached hydrogen (secondary N) is 2. The highest BCUT2D eigenvalue weighted by molar-refractivity contribution is 5.14. The first-order valence-corrected chi connectivity index (χ1v) is 8.37. The smallest absolute Gasteiger partial charge is 0.146 e. The zero-order chi connectivity index (χ0) is 16.7. The van der Waals surface area contributed by atoms with E-state index < -0.39 is 5.60 Å². The van der Waals surface area contributed by atoms with E-state index in [2.05, 4.69) is 33.0 Å². The maximum absolute atomic E-state index is 10.5. The van der Waals surface area contributed by atoms with E-state index in [4.69, 9.17) is 4.74 Å². The average Bonchev–Trinajstić information content (AvgIpc) is 2.93. The summed E-state index contributed by atoms with van der Waals surface area (Å²) in [7, 11) is 0. The fourth-order valence-electron chi connectivity index (χ4n) is 2.80. The largest absolute Gasteiger partial charge is 0.385 e. The second-order valence-corrected chi connectivity index (χ2v) is 6.23. The van der Waals surface area contributed by atoms with Crippen molar-refractivity contribution in [3.8, 4) is 0 Å². The van der Waals surface area contributed by atoms with E-state index in [0.29, 0.717) is 32.8 Å². The van der Waals surface area contributed by atoms with Gasteiger partial charge in [-0.25, -0.2) is 0 Å². The van der Waals surface area contributed by atoms with Crippen molar-refractivity contribution in [3.63, 3.8) is 0 Å². The highest BCUT2D eigenvalue weighted by Gasteiger charge is 2.28. The van der Waals surface area contributed by atoms with Crippen LogP contribution >= 0.6 is 0 Å². The van der Waals surface area contributed by atoms with Crippen LogP contribution in [0, 0.1) is 0 Å². The van der Waals surface area contributed by atoms with E-state index >= 15 is 0 Å². The monoisotopic (exact) mass is 331 g/mol. The molecule has 0 saturated carbocycles. The molecule has 3 N–H and O–H groups in total. The van der Waals surface area contributed by atoms with Crippen LogP contribution in [-0.4, -0.2) is 58.3 Å². The normalized spacial score (nSPS) is 21.5. The molecule has 0 spiro atoms. The lowest BCUT2D eigenvalue weighted by Gasteiger charge is -2.26. The van der Waals surface area contributed by atoms with Crippen molar-refractivity contribution in [2.45, 2.75) is 25.1 Å². The first kappa shape index (κ1) is 17.0. The first-order chi connectivity index (χ1) is 11.8. The van der Waals surface area contributed by atoms with Crippen molar-refractivity contribution in [1.29, 1.82) is 0 Å². The van der Waals surface area contributed by atoms with Gasteiger partial charge in [0.2, 0.25) is 0 Å². The number of hydrogen-bond acceptors (Lipinski definition) is 6. The van der Waals surface area contributed by atoms with Crippen LogP contribution in [0.25, 0.3) is 0 Å². The van der Waals surface area contributed by atoms with Gasteiger partial charge in [0.25, 0.3) is 0 Å². The van der Waals surface area contributed by atoms with Crippen molar-refractivity contribution in [2.75, 3.05) is 32.8 Å². The minimum Gasteiger partial charge on any atom is -0.385 e. The van der Waals surface area contributed by atoms with Gasteiger partial charge in [-0.3, -0.25) is 0 Å². The number of aliphatic hydroxyl groups is 1. The topological polar surface area (TPSA) is 84.2 Å². The molecule has 24 heavy (non-hydrogen) atoms. The van der Waals surface area contributed by atoms with Gasteiger partial charge in [0, 0.05) is 26.2 Å². The van der Waals surface area contributed by atoms with E-state index in [1.165, 1.54) is 5.56 Å². The molecule has 7 nitrogen and oxygen atoms in total. The Kier molecular flexibility index (Phi) is 5.92. The maximum atomic E-state index is 10.5. The van der Waals surface area contributed by atoms with Crippen LogP contribution in [0.1, 0.15) is 11.4 Å². The molecule has 1 atom stereocenters. The Morgan fingerprint density at radius 3 is 3.08 bits per heavy atom. The maximum Gasteiger partial charge on any atom is 0.146 e. The molecular formula is C17H25N5O2. The third kappa shape index (κ3) is 4.85. The first-order valence-electron chi connectivity index (χ1n) is 8.37. The number of hydrogen-bond donors (Lipinski definition) is 3. The molecule has 1 saturated heterocycles. The van der Waals surface area contributed by atoms with Crippen molar-refractivity contribution in [3.05, 3.63) is 48.0 Å². The van der Waals surface area contributed by atoms with Crippen LogP contribution in [0.3, 0.4) is 0 Å². The quantitative estimate of drug-likeness (QED) is 0.660. The van der Waals surface area contributed by atoms with Crippen LogP contribution in [-0.2, 0) is 24.2 Å². The van der Waals surface area contributed by atoms with Crippen LogP contribution in [0.2, 0.25) is 0 Å². The molecule has 2 heterocycles. The molecule has 0 aliphatic carbocycles. The van der Waals surface area contributed by atoms with E-state index in [9.17, 15) is 5.11 Å². The third-order valence-corrected chi connectivity index (χ3v) is 4.17. The van der Waals surface area contributed by atoms with Gasteiger partial charge >= 0.3 is 0 Å². The standard InChI is InChI=1S/C17H25N5O2/c23-17(11-18-7-9-24-13-17)12-19-10-16-21-20-14-22(16)8-6-15-4-2-1-3-5-15/h1-5,14,18-19,23H,6-13H2. The molecule has 3 rings (SSSR count). The highest BCUT2D eigenvalue weighted by atomic mass is 16.5. The van der Waals surface area contributed by atoms with Crippen LogP contribution in [0.4, 0.5) is 0 Å². The molecule has 1 aliphatic rings. The second-order valence-electron chi connectivity index (χ2n) is 6.23. The van der Waals surface area contributed by atoms with E-state index in [0.717, 1.165) is 25.3 Å². The average molecular weight is 331 g/mol. The van der Waals surface area contributed by atoms with Crippen molar-refractivity contribution >= 4 is 0 Å². The molecule has 1 aliphatic heterocycles. The number of nitrogens with zero attached hydrogens (tertiary/aromatic N) is 3. The molecule has 130 valence electrons. The number of aromatic nitrogens is 3. The number of β-amino-alcohol motifs (C(OH)–C–C–N with tert-alkyl or cyclic N) is 1. The van der Waals surface area contributed by atoms with Crippen molar-refractivity contribution in [2.24, 2.45) is 0 Å². The Bertz CT molecular complexity index is 608. The fourth-order valence-corrected chi connectivity index (χ4v) is 2.80. The predicted molar refractivity (Wildman–Crippen MR) is 90.5 cm³/mol. The summed E-state index contributed by atoms with van der Waals surface area (Å²) in [5.74, 6) is 0.872. The molecule has 0 amide bonds. The molecule has 1 unspecified atom stereocenters. The van der Waals surface area contributed by atoms with Gasteiger partial charge < -0.3 is 25.0 Å². The highest BCUT2D eigenvalue weighted by Crippen LogP contribution is 2.07. The molecule has 2 aromatic rings. The Balaban J connectivity index is 1.48. The molecule has 0 bridgehead atoms. The summed E-state index contributed by atoms with van der Waals surface area (Å²) in [4.78, 5) is 0. The van der Waals surface area contributed by atoms with Crippen molar-refractivity contribution < 1.29 is 9.84 Å². The molecule has 1 fully saturated rings. The number of rotatable bonds is 7. The van der Waals surface area contributed by atoms with Crippen LogP contribution in [0.5, 0.6) is 0 Å². The summed E-state index contributed by atoms with van der Waals surface area (Å²) < 4.78 is 7.47. The molecule has 1 aromatic heterocycles. The molecular weight excluding hydrogens is 306 g/mol. The minimum atomic E-state index is -0.884. The van der Waals surface area contributed by atoms with E-state index in [-0.39, 0.29) is 0 Å². The van der Waals surface area contributed by atoms with Gasteiger partial charge in [0.05, 0.1) is 19.8 Å². The minimum absolute atomic E-state index is 0.341. The summed E-state index contributed by atoms with van der Waals surface area (Å²) in [5, 5.41) is 25.1. The summed E-state index contributed by atoms with van der Waals surface area (Å²) in [6.45, 7) is 4.13. The van der Waals surface area contributed by atoms with Gasteiger partial charge in [-0.05, 0) is 12.0 Å². The Hall–Kier alpha value is -1.80. The summed E-state index contributed by atoms with van der Waals surface area (Å²) in [5.41, 5.74) is 0.409. The Labute approximate surface area is 142 Å². The van der Waals surface area contributed by atoms with Gasteiger partial charge in [-0.2, -0.15) is 0 Å². The van der Waals surface area contributed by atoms with Gasteiger partial charge in [0.15, 0.2) is 0 Å². The molecule has 1 aromatic carbocycles. The summed E-state index contributed by atoms with van der Waals surface area (Å²) in [6.07, 6.45) is 2.69. The SMILES string of the molecule is OC1(CNCc2nncn2CCc2ccccc2)CNCCOC1. The van der Waals surface area contributed by atoms with E-state index in [1.54, 1.807) is 6.33 Å². The Morgan fingerprint density at radius 1 is 1.33 bits per heavy atom. The van der Waals surface area contributed by atoms with Gasteiger partial charge in [-0.1, -0.05) is 30.3 Å². The molecule has 7 heteroatoms.